The highest BCUT2D eigenvalue weighted by Gasteiger charge is 2.40. The number of benzene rings is 1. The summed E-state index contributed by atoms with van der Waals surface area (Å²) in [6.45, 7) is 1.47. The number of nitrogens with zero attached hydrogens (tertiary/aromatic N) is 1. The second kappa shape index (κ2) is 7.61. The van der Waals surface area contributed by atoms with E-state index in [0.29, 0.717) is 18.3 Å². The number of carbonyl (C=O) groups is 2. The maximum Gasteiger partial charge on any atom is 0.306 e. The number of fused-ring (bicyclic) bond motifs is 2. The van der Waals surface area contributed by atoms with Crippen molar-refractivity contribution in [1.29, 1.82) is 0 Å². The number of nitrogens with one attached hydrogen (secondary N) is 1. The van der Waals surface area contributed by atoms with Crippen molar-refractivity contribution in [1.82, 2.24) is 0 Å². The Morgan fingerprint density at radius 3 is 2.77 bits per heavy atom. The molecular weight excluding hydrogens is 360 g/mol. The first-order valence-electron chi connectivity index (χ1n) is 8.77. The van der Waals surface area contributed by atoms with Crippen molar-refractivity contribution in [3.05, 3.63) is 33.3 Å². The van der Waals surface area contributed by atoms with Gasteiger partial charge in [0.15, 0.2) is 6.10 Å². The van der Waals surface area contributed by atoms with Crippen LogP contribution in [0.15, 0.2) is 18.2 Å². The second-order valence-electron chi connectivity index (χ2n) is 7.18. The van der Waals surface area contributed by atoms with E-state index in [-0.39, 0.29) is 22.4 Å². The third-order valence-electron chi connectivity index (χ3n) is 5.41. The highest BCUT2D eigenvalue weighted by molar-refractivity contribution is 6.33. The van der Waals surface area contributed by atoms with Crippen LogP contribution in [0.3, 0.4) is 0 Å². The molecule has 3 rings (SSSR count). The molecule has 1 aromatic rings. The number of halogens is 1. The first kappa shape index (κ1) is 18.6. The molecule has 1 aromatic carbocycles. The van der Waals surface area contributed by atoms with Gasteiger partial charge in [0.2, 0.25) is 0 Å². The highest BCUT2D eigenvalue weighted by atomic mass is 35.5. The Bertz CT molecular complexity index is 738. The standard InChI is InChI=1S/C18H21ClN2O5/c1-10(26-17(22)8-13-7-11-2-3-12(13)6-11)18(23)20-16-9-14(21(24)25)4-5-15(16)19/h4-5,9-13H,2-3,6-8H2,1H3,(H,20,23). The van der Waals surface area contributed by atoms with Gasteiger partial charge in [-0.2, -0.15) is 0 Å². The van der Waals surface area contributed by atoms with Crippen LogP contribution in [0.2, 0.25) is 5.02 Å². The van der Waals surface area contributed by atoms with Crippen LogP contribution in [0.1, 0.15) is 39.0 Å². The zero-order chi connectivity index (χ0) is 18.8. The van der Waals surface area contributed by atoms with Crippen LogP contribution in [-0.4, -0.2) is 22.9 Å². The summed E-state index contributed by atoms with van der Waals surface area (Å²) in [5.41, 5.74) is -0.0764. The van der Waals surface area contributed by atoms with Gasteiger partial charge in [0.25, 0.3) is 11.6 Å². The van der Waals surface area contributed by atoms with E-state index >= 15 is 0 Å². The smallest absolute Gasteiger partial charge is 0.306 e. The molecule has 2 aliphatic carbocycles. The molecule has 0 aliphatic heterocycles. The number of esters is 1. The summed E-state index contributed by atoms with van der Waals surface area (Å²) in [5, 5.41) is 13.5. The lowest BCUT2D eigenvalue weighted by atomic mass is 9.86. The number of rotatable bonds is 6. The third kappa shape index (κ3) is 4.15. The molecule has 0 radical (unpaired) electrons. The molecule has 1 N–H and O–H groups in total. The van der Waals surface area contributed by atoms with Crippen molar-refractivity contribution in [2.75, 3.05) is 5.32 Å². The van der Waals surface area contributed by atoms with Gasteiger partial charge in [-0.25, -0.2) is 0 Å². The molecule has 4 atom stereocenters. The number of hydrogen-bond donors (Lipinski definition) is 1. The molecule has 7 nitrogen and oxygen atoms in total. The molecule has 2 aliphatic rings. The van der Waals surface area contributed by atoms with Gasteiger partial charge in [0.05, 0.1) is 15.6 Å². The maximum absolute atomic E-state index is 12.2. The zero-order valence-electron chi connectivity index (χ0n) is 14.4. The monoisotopic (exact) mass is 380 g/mol. The molecule has 2 fully saturated rings. The molecule has 0 saturated heterocycles. The minimum absolute atomic E-state index is 0.113. The molecule has 140 valence electrons. The van der Waals surface area contributed by atoms with Crippen molar-refractivity contribution in [3.8, 4) is 0 Å². The first-order valence-corrected chi connectivity index (χ1v) is 9.15. The Kier molecular flexibility index (Phi) is 5.46. The van der Waals surface area contributed by atoms with Crippen molar-refractivity contribution < 1.29 is 19.2 Å². The lowest BCUT2D eigenvalue weighted by Gasteiger charge is -2.21. The Hall–Kier alpha value is -2.15. The summed E-state index contributed by atoms with van der Waals surface area (Å²) in [7, 11) is 0. The van der Waals surface area contributed by atoms with E-state index in [4.69, 9.17) is 16.3 Å². The first-order chi connectivity index (χ1) is 12.3. The van der Waals surface area contributed by atoms with E-state index in [9.17, 15) is 19.7 Å². The van der Waals surface area contributed by atoms with Crippen molar-refractivity contribution in [2.45, 2.75) is 45.1 Å². The number of carbonyl (C=O) groups excluding carboxylic acids is 2. The van der Waals surface area contributed by atoms with Gasteiger partial charge in [0, 0.05) is 18.6 Å². The van der Waals surface area contributed by atoms with Crippen LogP contribution in [0.4, 0.5) is 11.4 Å². The molecule has 4 unspecified atom stereocenters. The predicted octanol–water partition coefficient (Wildman–Crippen LogP) is 3.94. The van der Waals surface area contributed by atoms with Gasteiger partial charge in [0.1, 0.15) is 0 Å². The fourth-order valence-corrected chi connectivity index (χ4v) is 4.26. The fraction of sp³-hybridized carbons (Fsp3) is 0.556. The Morgan fingerprint density at radius 1 is 1.38 bits per heavy atom. The average Bonchev–Trinajstić information content (AvgIpc) is 3.19. The van der Waals surface area contributed by atoms with E-state index < -0.39 is 16.9 Å². The molecule has 0 aromatic heterocycles. The minimum atomic E-state index is -1.00. The molecule has 1 amide bonds. The summed E-state index contributed by atoms with van der Waals surface area (Å²) in [6.07, 6.45) is 4.07. The summed E-state index contributed by atoms with van der Waals surface area (Å²) < 4.78 is 5.24. The zero-order valence-corrected chi connectivity index (χ0v) is 15.2. The van der Waals surface area contributed by atoms with Crippen LogP contribution in [0.25, 0.3) is 0 Å². The summed E-state index contributed by atoms with van der Waals surface area (Å²) in [6, 6.07) is 3.75. The van der Waals surface area contributed by atoms with Crippen molar-refractivity contribution in [2.24, 2.45) is 17.8 Å². The fourth-order valence-electron chi connectivity index (χ4n) is 4.10. The summed E-state index contributed by atoms with van der Waals surface area (Å²) in [5.74, 6) is 0.765. The molecule has 2 bridgehead atoms. The number of nitro benzene ring substituents is 1. The molecule has 8 heteroatoms. The Labute approximate surface area is 156 Å². The average molecular weight is 381 g/mol. The predicted molar refractivity (Wildman–Crippen MR) is 95.8 cm³/mol. The minimum Gasteiger partial charge on any atom is -0.453 e. The second-order valence-corrected chi connectivity index (χ2v) is 7.59. The van der Waals surface area contributed by atoms with E-state index in [2.05, 4.69) is 5.32 Å². The molecule has 0 spiro atoms. The number of non-ortho nitro benzene ring substituents is 1. The largest absolute Gasteiger partial charge is 0.453 e. The van der Waals surface area contributed by atoms with Gasteiger partial charge in [-0.1, -0.05) is 18.0 Å². The lowest BCUT2D eigenvalue weighted by molar-refractivity contribution is -0.384. The van der Waals surface area contributed by atoms with E-state index in [0.717, 1.165) is 12.3 Å². The Balaban J connectivity index is 1.53. The van der Waals surface area contributed by atoms with Crippen molar-refractivity contribution in [3.63, 3.8) is 0 Å². The maximum atomic E-state index is 12.2. The van der Waals surface area contributed by atoms with Crippen LogP contribution < -0.4 is 5.32 Å². The lowest BCUT2D eigenvalue weighted by Crippen LogP contribution is -2.31. The number of hydrogen-bond acceptors (Lipinski definition) is 5. The van der Waals surface area contributed by atoms with Gasteiger partial charge in [-0.05, 0) is 50.0 Å². The van der Waals surface area contributed by atoms with E-state index in [1.54, 1.807) is 0 Å². The topological polar surface area (TPSA) is 98.5 Å². The van der Waals surface area contributed by atoms with Crippen LogP contribution in [-0.2, 0) is 14.3 Å². The summed E-state index contributed by atoms with van der Waals surface area (Å²) in [4.78, 5) is 34.6. The number of nitro groups is 1. The van der Waals surface area contributed by atoms with Gasteiger partial charge < -0.3 is 10.1 Å². The number of anilines is 1. The van der Waals surface area contributed by atoms with Gasteiger partial charge in [-0.15, -0.1) is 0 Å². The van der Waals surface area contributed by atoms with E-state index in [1.165, 1.54) is 44.4 Å². The SMILES string of the molecule is CC(OC(=O)CC1CC2CCC1C2)C(=O)Nc1cc([N+](=O)[O-])ccc1Cl. The summed E-state index contributed by atoms with van der Waals surface area (Å²) >= 11 is 5.96. The molecule has 0 heterocycles. The number of amides is 1. The van der Waals surface area contributed by atoms with Gasteiger partial charge >= 0.3 is 5.97 Å². The van der Waals surface area contributed by atoms with Crippen molar-refractivity contribution >= 4 is 34.9 Å². The number of ether oxygens (including phenoxy) is 1. The normalized spacial score (nSPS) is 24.9. The van der Waals surface area contributed by atoms with Crippen LogP contribution in [0.5, 0.6) is 0 Å². The van der Waals surface area contributed by atoms with Crippen LogP contribution in [0, 0.1) is 27.9 Å². The third-order valence-corrected chi connectivity index (χ3v) is 5.74. The molecular formula is C18H21ClN2O5. The highest BCUT2D eigenvalue weighted by Crippen LogP contribution is 2.49. The quantitative estimate of drug-likeness (QED) is 0.457. The Morgan fingerprint density at radius 2 is 2.15 bits per heavy atom. The molecule has 2 saturated carbocycles. The molecule has 26 heavy (non-hydrogen) atoms. The van der Waals surface area contributed by atoms with Gasteiger partial charge in [-0.3, -0.25) is 19.7 Å². The van der Waals surface area contributed by atoms with E-state index in [1.807, 2.05) is 0 Å². The van der Waals surface area contributed by atoms with Crippen LogP contribution >= 0.6 is 11.6 Å².